The van der Waals surface area contributed by atoms with Gasteiger partial charge in [-0.2, -0.15) is 0 Å². The van der Waals surface area contributed by atoms with Gasteiger partial charge in [0.2, 0.25) is 0 Å². The second-order valence-electron chi connectivity index (χ2n) is 3.99. The molecule has 0 radical (unpaired) electrons. The van der Waals surface area contributed by atoms with Crippen LogP contribution in [0.1, 0.15) is 24.2 Å². The first-order chi connectivity index (χ1) is 7.95. The largest absolute Gasteiger partial charge is 0.394 e. The zero-order valence-electron chi connectivity index (χ0n) is 9.61. The highest BCUT2D eigenvalue weighted by molar-refractivity contribution is 5.93. The third-order valence-electron chi connectivity index (χ3n) is 2.38. The number of aliphatic hydroxyl groups excluding tert-OH is 1. The minimum absolute atomic E-state index is 0.0331. The van der Waals surface area contributed by atoms with E-state index < -0.39 is 23.2 Å². The van der Waals surface area contributed by atoms with E-state index in [0.717, 1.165) is 6.20 Å². The molecule has 1 aromatic heterocycles. The van der Waals surface area contributed by atoms with E-state index in [4.69, 9.17) is 5.11 Å². The molecule has 1 atom stereocenters. The van der Waals surface area contributed by atoms with Crippen molar-refractivity contribution in [2.24, 2.45) is 5.92 Å². The van der Waals surface area contributed by atoms with Crippen molar-refractivity contribution in [1.29, 1.82) is 0 Å². The van der Waals surface area contributed by atoms with Gasteiger partial charge in [0.05, 0.1) is 12.6 Å². The van der Waals surface area contributed by atoms with Gasteiger partial charge in [0, 0.05) is 6.20 Å². The summed E-state index contributed by atoms with van der Waals surface area (Å²) in [5.74, 6) is -0.596. The number of aliphatic hydroxyl groups is 1. The molecule has 0 saturated carbocycles. The molecule has 0 saturated heterocycles. The van der Waals surface area contributed by atoms with Crippen molar-refractivity contribution in [3.63, 3.8) is 0 Å². The fourth-order valence-electron chi connectivity index (χ4n) is 1.25. The van der Waals surface area contributed by atoms with Crippen LogP contribution in [-0.4, -0.2) is 33.6 Å². The third-order valence-corrected chi connectivity index (χ3v) is 2.38. The number of carbonyl (C=O) groups excluding carboxylic acids is 1. The second-order valence-corrected chi connectivity index (χ2v) is 3.99. The molecule has 0 fully saturated rings. The fourth-order valence-corrected chi connectivity index (χ4v) is 1.25. The molecule has 17 heavy (non-hydrogen) atoms. The molecule has 94 valence electrons. The van der Waals surface area contributed by atoms with Crippen LogP contribution >= 0.6 is 0 Å². The van der Waals surface area contributed by atoms with Gasteiger partial charge in [-0.3, -0.25) is 14.6 Å². The average molecular weight is 241 g/mol. The van der Waals surface area contributed by atoms with Crippen LogP contribution in [0.5, 0.6) is 0 Å². The molecule has 7 nitrogen and oxygen atoms in total. The summed E-state index contributed by atoms with van der Waals surface area (Å²) in [7, 11) is 0. The topological polar surface area (TPSA) is 115 Å². The number of hydrogen-bond acceptors (Lipinski definition) is 4. The molecule has 1 heterocycles. The van der Waals surface area contributed by atoms with Crippen molar-refractivity contribution >= 4 is 5.91 Å². The van der Waals surface area contributed by atoms with Gasteiger partial charge in [0.25, 0.3) is 11.5 Å². The molecule has 0 aromatic carbocycles. The van der Waals surface area contributed by atoms with Crippen LogP contribution in [0, 0.1) is 5.92 Å². The van der Waals surface area contributed by atoms with Gasteiger partial charge in [-0.05, 0) is 5.92 Å². The maximum Gasteiger partial charge on any atom is 0.325 e. The van der Waals surface area contributed by atoms with Crippen LogP contribution in [0.3, 0.4) is 0 Å². The lowest BCUT2D eigenvalue weighted by Gasteiger charge is -2.19. The number of H-pyrrole nitrogens is 2. The summed E-state index contributed by atoms with van der Waals surface area (Å²) in [6.45, 7) is 3.45. The predicted octanol–water partition coefficient (Wildman–Crippen LogP) is -1.19. The van der Waals surface area contributed by atoms with Crippen LogP contribution in [-0.2, 0) is 0 Å². The molecule has 4 N–H and O–H groups in total. The van der Waals surface area contributed by atoms with Crippen molar-refractivity contribution in [3.05, 3.63) is 32.6 Å². The molecule has 1 unspecified atom stereocenters. The van der Waals surface area contributed by atoms with E-state index in [0.29, 0.717) is 0 Å². The van der Waals surface area contributed by atoms with Gasteiger partial charge in [-0.25, -0.2) is 4.79 Å². The Labute approximate surface area is 96.9 Å². The maximum atomic E-state index is 11.7. The van der Waals surface area contributed by atoms with Crippen LogP contribution in [0.15, 0.2) is 15.8 Å². The molecular weight excluding hydrogens is 226 g/mol. The Morgan fingerprint density at radius 2 is 2.12 bits per heavy atom. The second kappa shape index (κ2) is 5.44. The molecule has 0 spiro atoms. The smallest absolute Gasteiger partial charge is 0.325 e. The predicted molar refractivity (Wildman–Crippen MR) is 60.9 cm³/mol. The van der Waals surface area contributed by atoms with Crippen LogP contribution in [0.4, 0.5) is 0 Å². The van der Waals surface area contributed by atoms with Crippen molar-refractivity contribution in [2.45, 2.75) is 19.9 Å². The quantitative estimate of drug-likeness (QED) is 0.530. The van der Waals surface area contributed by atoms with E-state index in [1.54, 1.807) is 0 Å². The molecule has 0 aliphatic heterocycles. The van der Waals surface area contributed by atoms with E-state index in [9.17, 15) is 14.4 Å². The fraction of sp³-hybridized carbons (Fsp3) is 0.500. The van der Waals surface area contributed by atoms with Gasteiger partial charge in [-0.1, -0.05) is 13.8 Å². The Hall–Kier alpha value is -1.89. The highest BCUT2D eigenvalue weighted by Gasteiger charge is 2.18. The van der Waals surface area contributed by atoms with E-state index in [2.05, 4.69) is 10.3 Å². The number of aromatic nitrogens is 2. The maximum absolute atomic E-state index is 11.7. The molecule has 0 bridgehead atoms. The summed E-state index contributed by atoms with van der Waals surface area (Å²) in [6.07, 6.45) is 1.05. The third kappa shape index (κ3) is 3.28. The number of aromatic amines is 2. The monoisotopic (exact) mass is 241 g/mol. The first-order valence-corrected chi connectivity index (χ1v) is 5.19. The molecule has 1 rings (SSSR count). The van der Waals surface area contributed by atoms with Crippen molar-refractivity contribution in [3.8, 4) is 0 Å². The number of hydrogen-bond donors (Lipinski definition) is 4. The van der Waals surface area contributed by atoms with Gasteiger partial charge in [-0.15, -0.1) is 0 Å². The van der Waals surface area contributed by atoms with Gasteiger partial charge < -0.3 is 15.4 Å². The Bertz CT molecular complexity index is 503. The first-order valence-electron chi connectivity index (χ1n) is 5.19. The molecule has 0 aliphatic carbocycles. The molecule has 7 heteroatoms. The summed E-state index contributed by atoms with van der Waals surface area (Å²) in [6, 6.07) is -0.436. The minimum Gasteiger partial charge on any atom is -0.394 e. The molecule has 0 aliphatic rings. The Morgan fingerprint density at radius 3 is 2.59 bits per heavy atom. The van der Waals surface area contributed by atoms with Crippen molar-refractivity contribution in [1.82, 2.24) is 15.3 Å². The number of carbonyl (C=O) groups is 1. The minimum atomic E-state index is -0.758. The molecular formula is C10H15N3O4. The first kappa shape index (κ1) is 13.2. The molecule has 1 amide bonds. The summed E-state index contributed by atoms with van der Waals surface area (Å²) < 4.78 is 0. The van der Waals surface area contributed by atoms with Crippen LogP contribution < -0.4 is 16.6 Å². The number of nitrogens with one attached hydrogen (secondary N) is 3. The zero-order chi connectivity index (χ0) is 13.0. The lowest BCUT2D eigenvalue weighted by atomic mass is 10.1. The van der Waals surface area contributed by atoms with Gasteiger partial charge in [0.1, 0.15) is 5.56 Å². The van der Waals surface area contributed by atoms with E-state index in [1.807, 2.05) is 18.8 Å². The summed E-state index contributed by atoms with van der Waals surface area (Å²) in [5, 5.41) is 11.6. The summed E-state index contributed by atoms with van der Waals surface area (Å²) in [5.41, 5.74) is -1.62. The van der Waals surface area contributed by atoms with E-state index in [1.165, 1.54) is 0 Å². The lowest BCUT2D eigenvalue weighted by Crippen LogP contribution is -2.43. The number of amides is 1. The normalized spacial score (nSPS) is 12.5. The Morgan fingerprint density at radius 1 is 1.47 bits per heavy atom. The number of rotatable bonds is 4. The average Bonchev–Trinajstić information content (AvgIpc) is 2.24. The van der Waals surface area contributed by atoms with Gasteiger partial charge in [0.15, 0.2) is 0 Å². The SMILES string of the molecule is CC(C)C(CO)NC(=O)c1c[nH]c(=O)[nH]c1=O. The van der Waals surface area contributed by atoms with Crippen LogP contribution in [0.2, 0.25) is 0 Å². The summed E-state index contributed by atoms with van der Waals surface area (Å²) >= 11 is 0. The van der Waals surface area contributed by atoms with Crippen molar-refractivity contribution < 1.29 is 9.90 Å². The standard InChI is InChI=1S/C10H15N3O4/c1-5(2)7(4-14)12-8(15)6-3-11-10(17)13-9(6)16/h3,5,7,14H,4H2,1-2H3,(H,12,15)(H2,11,13,16,17). The Balaban J connectivity index is 2.90. The Kier molecular flexibility index (Phi) is 4.22. The highest BCUT2D eigenvalue weighted by Crippen LogP contribution is 2.01. The highest BCUT2D eigenvalue weighted by atomic mass is 16.3. The summed E-state index contributed by atoms with van der Waals surface area (Å²) in [4.78, 5) is 37.9. The molecule has 1 aromatic rings. The van der Waals surface area contributed by atoms with E-state index >= 15 is 0 Å². The lowest BCUT2D eigenvalue weighted by molar-refractivity contribution is 0.0895. The van der Waals surface area contributed by atoms with Crippen LogP contribution in [0.25, 0.3) is 0 Å². The zero-order valence-corrected chi connectivity index (χ0v) is 9.61. The van der Waals surface area contributed by atoms with Crippen molar-refractivity contribution in [2.75, 3.05) is 6.61 Å². The van der Waals surface area contributed by atoms with Gasteiger partial charge >= 0.3 is 5.69 Å². The van der Waals surface area contributed by atoms with E-state index in [-0.39, 0.29) is 18.1 Å².